The van der Waals surface area contributed by atoms with Crippen LogP contribution in [-0.4, -0.2) is 29.0 Å². The van der Waals surface area contributed by atoms with Gasteiger partial charge in [-0.25, -0.2) is 4.99 Å². The molecule has 4 rings (SSSR count). The number of thiocarbonyl (C=S) groups is 1. The molecule has 5 nitrogen and oxygen atoms in total. The zero-order valence-electron chi connectivity index (χ0n) is 16.6. The number of benzene rings is 1. The van der Waals surface area contributed by atoms with Gasteiger partial charge in [0.25, 0.3) is 5.91 Å². The molecule has 0 saturated carbocycles. The van der Waals surface area contributed by atoms with E-state index < -0.39 is 33.8 Å². The molecule has 7 heteroatoms. The molecule has 0 fully saturated rings. The van der Waals surface area contributed by atoms with E-state index in [2.05, 4.69) is 16.7 Å². The van der Waals surface area contributed by atoms with Crippen LogP contribution in [0.4, 0.5) is 5.69 Å². The fourth-order valence-electron chi connectivity index (χ4n) is 5.33. The number of rotatable bonds is 2. The van der Waals surface area contributed by atoms with Crippen LogP contribution in [0.2, 0.25) is 0 Å². The van der Waals surface area contributed by atoms with Gasteiger partial charge in [0, 0.05) is 29.0 Å². The van der Waals surface area contributed by atoms with Crippen molar-refractivity contribution in [3.63, 3.8) is 0 Å². The molecule has 0 aromatic heterocycles. The summed E-state index contributed by atoms with van der Waals surface area (Å²) in [5, 5.41) is 14.7. The summed E-state index contributed by atoms with van der Waals surface area (Å²) in [5.41, 5.74) is -4.55. The Morgan fingerprint density at radius 1 is 1.34 bits per heavy atom. The number of carbonyl (C=O) groups excluding carboxylic acids is 2. The van der Waals surface area contributed by atoms with Gasteiger partial charge in [-0.2, -0.15) is 0 Å². The molecule has 0 saturated heterocycles. The zero-order chi connectivity index (χ0) is 21.6. The zero-order valence-corrected chi connectivity index (χ0v) is 18.2. The van der Waals surface area contributed by atoms with Crippen molar-refractivity contribution in [2.75, 3.05) is 11.9 Å². The third kappa shape index (κ3) is 1.87. The third-order valence-corrected chi connectivity index (χ3v) is 7.91. The van der Waals surface area contributed by atoms with Gasteiger partial charge in [-0.15, -0.1) is 6.58 Å². The molecule has 1 aliphatic heterocycles. The van der Waals surface area contributed by atoms with Gasteiger partial charge >= 0.3 is 0 Å². The van der Waals surface area contributed by atoms with Gasteiger partial charge in [-0.1, -0.05) is 49.7 Å². The highest BCUT2D eigenvalue weighted by Crippen LogP contribution is 2.66. The summed E-state index contributed by atoms with van der Waals surface area (Å²) in [7, 11) is 1.61. The second kappa shape index (κ2) is 5.73. The summed E-state index contributed by atoms with van der Waals surface area (Å²) in [6, 6.07) is 5.19. The molecule has 1 N–H and O–H groups in total. The van der Waals surface area contributed by atoms with Crippen LogP contribution in [0, 0.1) is 16.7 Å². The van der Waals surface area contributed by atoms with Crippen molar-refractivity contribution in [2.45, 2.75) is 31.9 Å². The van der Waals surface area contributed by atoms with Crippen LogP contribution >= 0.6 is 23.8 Å². The molecule has 150 valence electrons. The molecule has 1 heterocycles. The van der Waals surface area contributed by atoms with Gasteiger partial charge in [0.05, 0.1) is 16.3 Å². The quantitative estimate of drug-likeness (QED) is 0.443. The summed E-state index contributed by atoms with van der Waals surface area (Å²) in [4.78, 5) is 33.3. The van der Waals surface area contributed by atoms with Crippen molar-refractivity contribution in [1.29, 1.82) is 0 Å². The first kappa shape index (κ1) is 20.2. The van der Waals surface area contributed by atoms with Gasteiger partial charge in [0.15, 0.2) is 16.9 Å². The topological polar surface area (TPSA) is 70.0 Å². The smallest absolute Gasteiger partial charge is 0.264 e. The summed E-state index contributed by atoms with van der Waals surface area (Å²) in [6.07, 6.45) is 3.20. The van der Waals surface area contributed by atoms with Crippen molar-refractivity contribution < 1.29 is 14.7 Å². The summed E-state index contributed by atoms with van der Waals surface area (Å²) in [6.45, 7) is 9.10. The Balaban J connectivity index is 2.33. The number of halogens is 1. The number of hydrogen-bond donors (Lipinski definition) is 1. The molecule has 2 aliphatic carbocycles. The van der Waals surface area contributed by atoms with Crippen LogP contribution in [-0.2, 0) is 20.7 Å². The molecular weight excluding hydrogens is 408 g/mol. The lowest BCUT2D eigenvalue weighted by Gasteiger charge is -2.48. The number of aliphatic hydroxyl groups is 1. The van der Waals surface area contributed by atoms with Crippen molar-refractivity contribution in [2.24, 2.45) is 21.7 Å². The van der Waals surface area contributed by atoms with Gasteiger partial charge in [-0.05, 0) is 30.8 Å². The predicted molar refractivity (Wildman–Crippen MR) is 115 cm³/mol. The van der Waals surface area contributed by atoms with E-state index in [9.17, 15) is 14.7 Å². The van der Waals surface area contributed by atoms with Crippen LogP contribution in [0.25, 0.3) is 0 Å². The maximum atomic E-state index is 14.1. The number of ketones is 1. The molecule has 1 amide bonds. The van der Waals surface area contributed by atoms with Crippen molar-refractivity contribution in [1.82, 2.24) is 0 Å². The van der Waals surface area contributed by atoms with Crippen LogP contribution in [0.15, 0.2) is 47.0 Å². The van der Waals surface area contributed by atoms with Crippen LogP contribution in [0.3, 0.4) is 0 Å². The van der Waals surface area contributed by atoms with Gasteiger partial charge < -0.3 is 10.0 Å². The maximum Gasteiger partial charge on any atom is 0.264 e. The summed E-state index contributed by atoms with van der Waals surface area (Å²) < 4.78 is 0. The first-order valence-corrected chi connectivity index (χ1v) is 10.0. The molecular formula is C22H21ClN2O3S. The molecule has 29 heavy (non-hydrogen) atoms. The fourth-order valence-corrected chi connectivity index (χ4v) is 5.80. The van der Waals surface area contributed by atoms with E-state index in [1.165, 1.54) is 4.90 Å². The Labute approximate surface area is 179 Å². The number of hydrogen-bond acceptors (Lipinski definition) is 5. The molecule has 1 aromatic carbocycles. The van der Waals surface area contributed by atoms with Gasteiger partial charge in [-0.3, -0.25) is 9.59 Å². The lowest BCUT2D eigenvalue weighted by atomic mass is 9.56. The number of Topliss-reactive ketones (excluding diaryl/α,β-unsaturated/α-hetero) is 1. The van der Waals surface area contributed by atoms with E-state index in [0.29, 0.717) is 21.8 Å². The highest BCUT2D eigenvalue weighted by Gasteiger charge is 2.72. The summed E-state index contributed by atoms with van der Waals surface area (Å²) in [5.74, 6) is -1.66. The van der Waals surface area contributed by atoms with E-state index in [-0.39, 0.29) is 5.78 Å². The average molecular weight is 429 g/mol. The van der Waals surface area contributed by atoms with Crippen molar-refractivity contribution >= 4 is 46.4 Å². The van der Waals surface area contributed by atoms with Crippen LogP contribution in [0.1, 0.15) is 31.9 Å². The molecule has 4 atom stereocenters. The van der Waals surface area contributed by atoms with Crippen LogP contribution in [0.5, 0.6) is 0 Å². The van der Waals surface area contributed by atoms with Gasteiger partial charge in [0.1, 0.15) is 0 Å². The number of carbonyl (C=O) groups is 2. The van der Waals surface area contributed by atoms with E-state index in [1.54, 1.807) is 58.2 Å². The number of likely N-dealkylation sites (N-methyl/N-ethyl adjacent to an activating group) is 1. The SMILES string of the molecule is C=CC1(C)C(Cl)=CC2C(=O)C1(N=C=S)c1cccc3c1C(O)(C(=O)N3C)C2(C)C. The Kier molecular flexibility index (Phi) is 3.99. The number of anilines is 1. The number of aliphatic imine (C=N–C) groups is 1. The average Bonchev–Trinajstić information content (AvgIpc) is 2.88. The number of amides is 1. The number of fused-ring (bicyclic) bond motifs is 3. The maximum absolute atomic E-state index is 14.1. The van der Waals surface area contributed by atoms with E-state index in [1.807, 2.05) is 0 Å². The lowest BCUT2D eigenvalue weighted by molar-refractivity contribution is -0.158. The minimum Gasteiger partial charge on any atom is -0.375 e. The highest BCUT2D eigenvalue weighted by atomic mass is 35.5. The van der Waals surface area contributed by atoms with Crippen LogP contribution < -0.4 is 4.90 Å². The molecule has 4 unspecified atom stereocenters. The number of allylic oxidation sites excluding steroid dienone is 1. The minimum absolute atomic E-state index is 0.293. The highest BCUT2D eigenvalue weighted by molar-refractivity contribution is 7.78. The second-order valence-electron chi connectivity index (χ2n) is 8.67. The molecule has 2 bridgehead atoms. The lowest BCUT2D eigenvalue weighted by Crippen LogP contribution is -2.57. The van der Waals surface area contributed by atoms with Crippen molar-refractivity contribution in [3.05, 3.63) is 53.1 Å². The largest absolute Gasteiger partial charge is 0.375 e. The monoisotopic (exact) mass is 428 g/mol. The Hall–Kier alpha value is -2.11. The molecule has 0 spiro atoms. The number of isothiocyanates is 1. The Bertz CT molecular complexity index is 1090. The third-order valence-electron chi connectivity index (χ3n) is 7.30. The van der Waals surface area contributed by atoms with E-state index in [4.69, 9.17) is 23.8 Å². The molecule has 0 radical (unpaired) electrons. The Morgan fingerprint density at radius 2 is 2.00 bits per heavy atom. The predicted octanol–water partition coefficient (Wildman–Crippen LogP) is 3.70. The van der Waals surface area contributed by atoms with E-state index >= 15 is 0 Å². The first-order chi connectivity index (χ1) is 13.5. The van der Waals surface area contributed by atoms with Crippen molar-refractivity contribution in [3.8, 4) is 0 Å². The first-order valence-electron chi connectivity index (χ1n) is 9.26. The fraction of sp³-hybridized carbons (Fsp3) is 0.409. The standard InChI is InChI=1S/C22H21ClN2O3S/c1-6-20(4)15(23)10-13-17(26)21(20,24-11-29)12-8-7-9-14-16(12)22(28,19(13,2)3)18(27)25(14)5/h6-10,13,28H,1H2,2-5H3. The van der Waals surface area contributed by atoms with E-state index in [0.717, 1.165) is 0 Å². The second-order valence-corrected chi connectivity index (χ2v) is 9.26. The molecule has 1 aromatic rings. The molecule has 3 aliphatic rings. The minimum atomic E-state index is -1.94. The summed E-state index contributed by atoms with van der Waals surface area (Å²) >= 11 is 11.7. The Morgan fingerprint density at radius 3 is 2.59 bits per heavy atom. The normalized spacial score (nSPS) is 36.7. The van der Waals surface area contributed by atoms with Gasteiger partial charge in [0.2, 0.25) is 0 Å². The number of nitrogens with zero attached hydrogens (tertiary/aromatic N) is 2.